The van der Waals surface area contributed by atoms with Gasteiger partial charge in [0.1, 0.15) is 11.5 Å². The minimum atomic E-state index is 0.108. The van der Waals surface area contributed by atoms with Crippen molar-refractivity contribution in [2.45, 2.75) is 26.7 Å². The lowest BCUT2D eigenvalue weighted by molar-refractivity contribution is -0.129. The number of ether oxygens (including phenoxy) is 2. The lowest BCUT2D eigenvalue weighted by atomic mass is 10.2. The zero-order chi connectivity index (χ0) is 15.7. The van der Waals surface area contributed by atoms with Gasteiger partial charge in [-0.2, -0.15) is 0 Å². The van der Waals surface area contributed by atoms with E-state index in [4.69, 9.17) is 9.47 Å². The van der Waals surface area contributed by atoms with Gasteiger partial charge in [0, 0.05) is 19.2 Å². The van der Waals surface area contributed by atoms with Crippen LogP contribution in [-0.2, 0) is 4.79 Å². The fourth-order valence-electron chi connectivity index (χ4n) is 2.13. The van der Waals surface area contributed by atoms with E-state index in [1.807, 2.05) is 17.0 Å². The van der Waals surface area contributed by atoms with Crippen LogP contribution in [0.2, 0.25) is 0 Å². The van der Waals surface area contributed by atoms with E-state index in [0.717, 1.165) is 37.4 Å². The van der Waals surface area contributed by atoms with E-state index in [0.29, 0.717) is 5.75 Å². The first-order valence-corrected chi connectivity index (χ1v) is 7.39. The molecule has 5 nitrogen and oxygen atoms in total. The smallest absolute Gasteiger partial charge is 0.241 e. The molecule has 0 saturated heterocycles. The molecule has 0 fully saturated rings. The minimum Gasteiger partial charge on any atom is -0.497 e. The van der Waals surface area contributed by atoms with E-state index in [2.05, 4.69) is 19.2 Å². The summed E-state index contributed by atoms with van der Waals surface area (Å²) in [5.74, 6) is 1.50. The molecule has 1 aromatic rings. The van der Waals surface area contributed by atoms with Crippen molar-refractivity contribution < 1.29 is 14.3 Å². The molecule has 0 aliphatic rings. The number of hydrogen-bond donors (Lipinski definition) is 1. The fourth-order valence-corrected chi connectivity index (χ4v) is 2.13. The fraction of sp³-hybridized carbons (Fsp3) is 0.562. The quantitative estimate of drug-likeness (QED) is 0.761. The summed E-state index contributed by atoms with van der Waals surface area (Å²) in [4.78, 5) is 14.1. The van der Waals surface area contributed by atoms with Gasteiger partial charge < -0.3 is 19.7 Å². The van der Waals surface area contributed by atoms with Gasteiger partial charge in [-0.25, -0.2) is 0 Å². The second-order valence-corrected chi connectivity index (χ2v) is 4.80. The molecule has 21 heavy (non-hydrogen) atoms. The van der Waals surface area contributed by atoms with Crippen LogP contribution in [0.4, 0.5) is 5.69 Å². The maximum atomic E-state index is 12.2. The van der Waals surface area contributed by atoms with Crippen molar-refractivity contribution in [1.82, 2.24) is 4.90 Å². The van der Waals surface area contributed by atoms with Gasteiger partial charge >= 0.3 is 0 Å². The van der Waals surface area contributed by atoms with E-state index < -0.39 is 0 Å². The van der Waals surface area contributed by atoms with Crippen LogP contribution in [0.15, 0.2) is 18.2 Å². The Morgan fingerprint density at radius 1 is 1.14 bits per heavy atom. The van der Waals surface area contributed by atoms with Crippen LogP contribution >= 0.6 is 0 Å². The summed E-state index contributed by atoms with van der Waals surface area (Å²) in [6.45, 7) is 6.02. The minimum absolute atomic E-state index is 0.108. The molecule has 1 amide bonds. The lowest BCUT2D eigenvalue weighted by Crippen LogP contribution is -2.36. The number of nitrogens with one attached hydrogen (secondary N) is 1. The number of carbonyl (C=O) groups excluding carboxylic acids is 1. The van der Waals surface area contributed by atoms with Gasteiger partial charge in [-0.3, -0.25) is 4.79 Å². The van der Waals surface area contributed by atoms with Gasteiger partial charge in [-0.05, 0) is 25.0 Å². The number of benzene rings is 1. The first-order chi connectivity index (χ1) is 10.2. The molecule has 0 atom stereocenters. The summed E-state index contributed by atoms with van der Waals surface area (Å²) >= 11 is 0. The third-order valence-electron chi connectivity index (χ3n) is 3.18. The SMILES string of the molecule is CCCN(CCC)C(=O)CNc1ccc(OC)cc1OC. The van der Waals surface area contributed by atoms with Crippen molar-refractivity contribution in [3.63, 3.8) is 0 Å². The molecule has 0 heterocycles. The van der Waals surface area contributed by atoms with Gasteiger partial charge in [-0.15, -0.1) is 0 Å². The van der Waals surface area contributed by atoms with Gasteiger partial charge in [0.15, 0.2) is 0 Å². The van der Waals surface area contributed by atoms with Crippen molar-refractivity contribution in [3.8, 4) is 11.5 Å². The lowest BCUT2D eigenvalue weighted by Gasteiger charge is -2.22. The number of methoxy groups -OCH3 is 2. The molecule has 1 aromatic carbocycles. The maximum absolute atomic E-state index is 12.2. The molecule has 0 saturated carbocycles. The predicted octanol–water partition coefficient (Wildman–Crippen LogP) is 2.76. The Balaban J connectivity index is 2.67. The normalized spacial score (nSPS) is 10.1. The number of hydrogen-bond acceptors (Lipinski definition) is 4. The monoisotopic (exact) mass is 294 g/mol. The van der Waals surface area contributed by atoms with Crippen molar-refractivity contribution in [3.05, 3.63) is 18.2 Å². The second kappa shape index (κ2) is 9.10. The first kappa shape index (κ1) is 17.1. The molecular weight excluding hydrogens is 268 g/mol. The molecule has 5 heteroatoms. The van der Waals surface area contributed by atoms with Crippen LogP contribution in [0.3, 0.4) is 0 Å². The average Bonchev–Trinajstić information content (AvgIpc) is 2.52. The van der Waals surface area contributed by atoms with Crippen molar-refractivity contribution in [2.24, 2.45) is 0 Å². The second-order valence-electron chi connectivity index (χ2n) is 4.80. The number of nitrogens with zero attached hydrogens (tertiary/aromatic N) is 1. The molecule has 0 spiro atoms. The van der Waals surface area contributed by atoms with Gasteiger partial charge in [0.2, 0.25) is 5.91 Å². The molecule has 0 radical (unpaired) electrons. The molecule has 0 aromatic heterocycles. The Bertz CT molecular complexity index is 443. The van der Waals surface area contributed by atoms with Crippen LogP contribution < -0.4 is 14.8 Å². The van der Waals surface area contributed by atoms with Gasteiger partial charge in [0.25, 0.3) is 0 Å². The highest BCUT2D eigenvalue weighted by Gasteiger charge is 2.12. The van der Waals surface area contributed by atoms with Crippen LogP contribution in [-0.4, -0.2) is 44.7 Å². The molecule has 118 valence electrons. The van der Waals surface area contributed by atoms with Crippen molar-refractivity contribution in [1.29, 1.82) is 0 Å². The zero-order valence-electron chi connectivity index (χ0n) is 13.4. The highest BCUT2D eigenvalue weighted by molar-refractivity contribution is 5.81. The summed E-state index contributed by atoms with van der Waals surface area (Å²) in [6.07, 6.45) is 1.94. The molecule has 1 N–H and O–H groups in total. The average molecular weight is 294 g/mol. The molecule has 0 bridgehead atoms. The summed E-state index contributed by atoms with van der Waals surface area (Å²) < 4.78 is 10.5. The molecule has 0 aliphatic heterocycles. The van der Waals surface area contributed by atoms with Crippen molar-refractivity contribution in [2.75, 3.05) is 39.2 Å². The van der Waals surface area contributed by atoms with E-state index in [-0.39, 0.29) is 12.5 Å². The largest absolute Gasteiger partial charge is 0.497 e. The molecule has 0 unspecified atom stereocenters. The third kappa shape index (κ3) is 5.17. The Hall–Kier alpha value is -1.91. The standard InChI is InChI=1S/C16H26N2O3/c1-5-9-18(10-6-2)16(19)12-17-14-8-7-13(20-3)11-15(14)21-4/h7-8,11,17H,5-6,9-10,12H2,1-4H3. The molecule has 0 aliphatic carbocycles. The highest BCUT2D eigenvalue weighted by Crippen LogP contribution is 2.28. The van der Waals surface area contributed by atoms with Gasteiger partial charge in [0.05, 0.1) is 26.5 Å². The van der Waals surface area contributed by atoms with E-state index in [9.17, 15) is 4.79 Å². The Morgan fingerprint density at radius 3 is 2.33 bits per heavy atom. The third-order valence-corrected chi connectivity index (χ3v) is 3.18. The van der Waals surface area contributed by atoms with Crippen LogP contribution in [0.5, 0.6) is 11.5 Å². The highest BCUT2D eigenvalue weighted by atomic mass is 16.5. The molecule has 1 rings (SSSR count). The number of rotatable bonds is 9. The topological polar surface area (TPSA) is 50.8 Å². The van der Waals surface area contributed by atoms with E-state index in [1.54, 1.807) is 20.3 Å². The zero-order valence-corrected chi connectivity index (χ0v) is 13.4. The Kier molecular flexibility index (Phi) is 7.43. The Labute approximate surface area is 127 Å². The summed E-state index contributed by atoms with van der Waals surface area (Å²) in [6, 6.07) is 5.49. The Morgan fingerprint density at radius 2 is 1.81 bits per heavy atom. The molecular formula is C16H26N2O3. The summed E-state index contributed by atoms with van der Waals surface area (Å²) in [5.41, 5.74) is 0.791. The van der Waals surface area contributed by atoms with Gasteiger partial charge in [-0.1, -0.05) is 13.8 Å². The van der Waals surface area contributed by atoms with Crippen LogP contribution in [0, 0.1) is 0 Å². The maximum Gasteiger partial charge on any atom is 0.241 e. The number of amides is 1. The predicted molar refractivity (Wildman–Crippen MR) is 85.2 cm³/mol. The van der Waals surface area contributed by atoms with Crippen LogP contribution in [0.1, 0.15) is 26.7 Å². The number of anilines is 1. The van der Waals surface area contributed by atoms with E-state index >= 15 is 0 Å². The summed E-state index contributed by atoms with van der Waals surface area (Å²) in [7, 11) is 3.21. The summed E-state index contributed by atoms with van der Waals surface area (Å²) in [5, 5.41) is 3.14. The first-order valence-electron chi connectivity index (χ1n) is 7.39. The van der Waals surface area contributed by atoms with Crippen LogP contribution in [0.25, 0.3) is 0 Å². The van der Waals surface area contributed by atoms with E-state index in [1.165, 1.54) is 0 Å². The number of carbonyl (C=O) groups is 1. The van der Waals surface area contributed by atoms with Crippen molar-refractivity contribution >= 4 is 11.6 Å².